The quantitative estimate of drug-likeness (QED) is 0.768. The van der Waals surface area contributed by atoms with Crippen LogP contribution in [0.5, 0.6) is 0 Å². The predicted molar refractivity (Wildman–Crippen MR) is 58.7 cm³/mol. The second-order valence-electron chi connectivity index (χ2n) is 3.03. The predicted octanol–water partition coefficient (Wildman–Crippen LogP) is 2.47. The van der Waals surface area contributed by atoms with E-state index in [1.165, 1.54) is 5.56 Å². The molecule has 0 radical (unpaired) electrons. The minimum absolute atomic E-state index is 0.832. The molecular formula is C10H10BrN3. The summed E-state index contributed by atoms with van der Waals surface area (Å²) in [5.41, 5.74) is 3.24. The lowest BCUT2D eigenvalue weighted by atomic mass is 10.3. The second kappa shape index (κ2) is 3.92. The lowest BCUT2D eigenvalue weighted by Crippen LogP contribution is -1.94. The maximum atomic E-state index is 4.40. The van der Waals surface area contributed by atoms with Crippen LogP contribution in [-0.4, -0.2) is 14.8 Å². The first kappa shape index (κ1) is 9.40. The zero-order chi connectivity index (χ0) is 9.97. The Bertz CT molecular complexity index is 422. The number of hydrogen-bond acceptors (Lipinski definition) is 2. The maximum Gasteiger partial charge on any atom is 0.0828 e. The zero-order valence-electron chi connectivity index (χ0n) is 7.81. The van der Waals surface area contributed by atoms with Crippen LogP contribution in [0.4, 0.5) is 0 Å². The van der Waals surface area contributed by atoms with Gasteiger partial charge in [0.05, 0.1) is 17.6 Å². The van der Waals surface area contributed by atoms with E-state index >= 15 is 0 Å². The van der Waals surface area contributed by atoms with Crippen molar-refractivity contribution in [3.05, 3.63) is 42.0 Å². The summed E-state index contributed by atoms with van der Waals surface area (Å²) in [6, 6.07) is 3.89. The average Bonchev–Trinajstić information content (AvgIpc) is 2.61. The van der Waals surface area contributed by atoms with Crippen LogP contribution in [0, 0.1) is 6.92 Å². The van der Waals surface area contributed by atoms with Gasteiger partial charge in [0, 0.05) is 23.3 Å². The van der Waals surface area contributed by atoms with E-state index in [0.717, 1.165) is 16.7 Å². The highest BCUT2D eigenvalue weighted by Gasteiger charge is 2.04. The lowest BCUT2D eigenvalue weighted by Gasteiger charge is -1.97. The van der Waals surface area contributed by atoms with Gasteiger partial charge in [0.2, 0.25) is 0 Å². The molecule has 0 atom stereocenters. The molecule has 0 aromatic carbocycles. The number of rotatable bonds is 2. The number of halogens is 1. The van der Waals surface area contributed by atoms with Crippen LogP contribution in [0.3, 0.4) is 0 Å². The van der Waals surface area contributed by atoms with Gasteiger partial charge in [-0.3, -0.25) is 4.98 Å². The van der Waals surface area contributed by atoms with Crippen LogP contribution in [0.25, 0.3) is 5.69 Å². The van der Waals surface area contributed by atoms with Gasteiger partial charge in [-0.2, -0.15) is 5.10 Å². The molecule has 2 rings (SSSR count). The highest BCUT2D eigenvalue weighted by molar-refractivity contribution is 9.08. The lowest BCUT2D eigenvalue weighted by molar-refractivity contribution is 0.857. The van der Waals surface area contributed by atoms with Crippen molar-refractivity contribution in [2.24, 2.45) is 0 Å². The number of nitrogens with zero attached hydrogens (tertiary/aromatic N) is 3. The van der Waals surface area contributed by atoms with E-state index in [1.54, 1.807) is 12.4 Å². The molecule has 14 heavy (non-hydrogen) atoms. The Morgan fingerprint density at radius 3 is 2.93 bits per heavy atom. The van der Waals surface area contributed by atoms with Gasteiger partial charge in [-0.15, -0.1) is 0 Å². The molecule has 0 unspecified atom stereocenters. The van der Waals surface area contributed by atoms with Gasteiger partial charge in [-0.1, -0.05) is 15.9 Å². The van der Waals surface area contributed by atoms with Crippen molar-refractivity contribution in [3.63, 3.8) is 0 Å². The molecule has 0 aliphatic heterocycles. The summed E-state index contributed by atoms with van der Waals surface area (Å²) in [4.78, 5) is 4.05. The van der Waals surface area contributed by atoms with Crippen LogP contribution in [0.15, 0.2) is 30.7 Å². The second-order valence-corrected chi connectivity index (χ2v) is 3.59. The van der Waals surface area contributed by atoms with E-state index in [9.17, 15) is 0 Å². The van der Waals surface area contributed by atoms with Gasteiger partial charge in [-0.25, -0.2) is 4.68 Å². The van der Waals surface area contributed by atoms with Crippen molar-refractivity contribution >= 4 is 15.9 Å². The van der Waals surface area contributed by atoms with Crippen molar-refractivity contribution in [2.75, 3.05) is 0 Å². The van der Waals surface area contributed by atoms with E-state index in [1.807, 2.05) is 29.9 Å². The molecule has 0 aliphatic carbocycles. The molecule has 0 saturated carbocycles. The first-order chi connectivity index (χ1) is 6.81. The summed E-state index contributed by atoms with van der Waals surface area (Å²) in [7, 11) is 0. The van der Waals surface area contributed by atoms with E-state index < -0.39 is 0 Å². The first-order valence-electron chi connectivity index (χ1n) is 4.33. The summed E-state index contributed by atoms with van der Waals surface area (Å²) >= 11 is 3.43. The molecule has 2 heterocycles. The number of pyridine rings is 1. The molecule has 0 N–H and O–H groups in total. The summed E-state index contributed by atoms with van der Waals surface area (Å²) in [6.07, 6.45) is 5.57. The third-order valence-corrected chi connectivity index (χ3v) is 2.66. The SMILES string of the molecule is Cc1nn(-c2cccnc2)cc1CBr. The molecular weight excluding hydrogens is 242 g/mol. The van der Waals surface area contributed by atoms with Crippen LogP contribution in [0.2, 0.25) is 0 Å². The topological polar surface area (TPSA) is 30.7 Å². The van der Waals surface area contributed by atoms with Crippen LogP contribution in [0.1, 0.15) is 11.3 Å². The molecule has 72 valence electrons. The standard InChI is InChI=1S/C10H10BrN3/c1-8-9(5-11)7-14(13-8)10-3-2-4-12-6-10/h2-4,6-7H,5H2,1H3. The number of aromatic nitrogens is 3. The molecule has 3 nitrogen and oxygen atoms in total. The van der Waals surface area contributed by atoms with Gasteiger partial charge in [0.15, 0.2) is 0 Å². The highest BCUT2D eigenvalue weighted by atomic mass is 79.9. The monoisotopic (exact) mass is 251 g/mol. The minimum Gasteiger partial charge on any atom is -0.262 e. The smallest absolute Gasteiger partial charge is 0.0828 e. The Hall–Kier alpha value is -1.16. The van der Waals surface area contributed by atoms with Crippen LogP contribution >= 0.6 is 15.9 Å². The van der Waals surface area contributed by atoms with Crippen molar-refractivity contribution in [2.45, 2.75) is 12.3 Å². The Morgan fingerprint density at radius 1 is 1.50 bits per heavy atom. The summed E-state index contributed by atoms with van der Waals surface area (Å²) in [5, 5.41) is 5.23. The van der Waals surface area contributed by atoms with Crippen LogP contribution < -0.4 is 0 Å². The molecule has 0 saturated heterocycles. The minimum atomic E-state index is 0.832. The van der Waals surface area contributed by atoms with E-state index in [-0.39, 0.29) is 0 Å². The fourth-order valence-corrected chi connectivity index (χ4v) is 1.80. The molecule has 0 aliphatic rings. The molecule has 0 spiro atoms. The number of aryl methyl sites for hydroxylation is 1. The highest BCUT2D eigenvalue weighted by Crippen LogP contribution is 2.13. The van der Waals surface area contributed by atoms with Crippen molar-refractivity contribution in [1.29, 1.82) is 0 Å². The normalized spacial score (nSPS) is 10.4. The maximum absolute atomic E-state index is 4.40. The molecule has 0 fully saturated rings. The summed E-state index contributed by atoms with van der Waals surface area (Å²) in [5.74, 6) is 0. The third-order valence-electron chi connectivity index (χ3n) is 2.06. The van der Waals surface area contributed by atoms with Gasteiger partial charge in [0.1, 0.15) is 0 Å². The van der Waals surface area contributed by atoms with E-state index in [4.69, 9.17) is 0 Å². The fourth-order valence-electron chi connectivity index (χ4n) is 1.25. The summed E-state index contributed by atoms with van der Waals surface area (Å²) < 4.78 is 1.85. The summed E-state index contributed by atoms with van der Waals surface area (Å²) in [6.45, 7) is 2.00. The average molecular weight is 252 g/mol. The van der Waals surface area contributed by atoms with Gasteiger partial charge in [-0.05, 0) is 19.1 Å². The fraction of sp³-hybridized carbons (Fsp3) is 0.200. The molecule has 0 bridgehead atoms. The van der Waals surface area contributed by atoms with Gasteiger partial charge in [0.25, 0.3) is 0 Å². The molecule has 0 amide bonds. The molecule has 2 aromatic heterocycles. The van der Waals surface area contributed by atoms with Gasteiger partial charge < -0.3 is 0 Å². The number of hydrogen-bond donors (Lipinski definition) is 0. The largest absolute Gasteiger partial charge is 0.262 e. The third kappa shape index (κ3) is 1.70. The molecule has 2 aromatic rings. The molecule has 4 heteroatoms. The van der Waals surface area contributed by atoms with Crippen molar-refractivity contribution in [1.82, 2.24) is 14.8 Å². The van der Waals surface area contributed by atoms with Crippen LogP contribution in [-0.2, 0) is 5.33 Å². The Morgan fingerprint density at radius 2 is 2.36 bits per heavy atom. The van der Waals surface area contributed by atoms with Crippen molar-refractivity contribution < 1.29 is 0 Å². The first-order valence-corrected chi connectivity index (χ1v) is 5.45. The number of alkyl halides is 1. The van der Waals surface area contributed by atoms with E-state index in [2.05, 4.69) is 26.0 Å². The Kier molecular flexibility index (Phi) is 2.63. The van der Waals surface area contributed by atoms with E-state index in [0.29, 0.717) is 0 Å². The van der Waals surface area contributed by atoms with Gasteiger partial charge >= 0.3 is 0 Å². The Balaban J connectivity index is 2.43. The zero-order valence-corrected chi connectivity index (χ0v) is 9.40. The van der Waals surface area contributed by atoms with Crippen molar-refractivity contribution in [3.8, 4) is 5.69 Å². The Labute approximate surface area is 90.9 Å².